The minimum Gasteiger partial charge on any atom is -0.336 e. The molecule has 1 fully saturated rings. The zero-order valence-corrected chi connectivity index (χ0v) is 18.7. The Bertz CT molecular complexity index is 971. The van der Waals surface area contributed by atoms with E-state index in [4.69, 9.17) is 0 Å². The van der Waals surface area contributed by atoms with Gasteiger partial charge in [0.2, 0.25) is 10.0 Å². The average Bonchev–Trinajstić information content (AvgIpc) is 3.16. The van der Waals surface area contributed by atoms with Crippen molar-refractivity contribution < 1.29 is 13.2 Å². The fraction of sp³-hybridized carbons (Fsp3) is 0.435. The van der Waals surface area contributed by atoms with Gasteiger partial charge in [-0.2, -0.15) is 0 Å². The molecule has 0 aliphatic carbocycles. The maximum absolute atomic E-state index is 12.5. The van der Waals surface area contributed by atoms with Crippen molar-refractivity contribution in [2.24, 2.45) is 0 Å². The second-order valence-electron chi connectivity index (χ2n) is 8.17. The molecule has 162 valence electrons. The Labute approximate surface area is 179 Å². The topological polar surface area (TPSA) is 78.5 Å². The zero-order valence-electron chi connectivity index (χ0n) is 17.9. The number of nitrogens with one attached hydrogen (secondary N) is 2. The van der Waals surface area contributed by atoms with E-state index < -0.39 is 10.0 Å². The number of carbonyl (C=O) groups excluding carboxylic acids is 1. The van der Waals surface area contributed by atoms with Crippen LogP contribution < -0.4 is 14.9 Å². The summed E-state index contributed by atoms with van der Waals surface area (Å²) in [5.74, 6) is 0.502. The van der Waals surface area contributed by atoms with Crippen molar-refractivity contribution in [1.82, 2.24) is 10.0 Å². The van der Waals surface area contributed by atoms with Crippen LogP contribution in [0.4, 0.5) is 10.5 Å². The van der Waals surface area contributed by atoms with Crippen molar-refractivity contribution in [2.45, 2.75) is 45.6 Å². The van der Waals surface area contributed by atoms with Crippen molar-refractivity contribution in [2.75, 3.05) is 23.7 Å². The summed E-state index contributed by atoms with van der Waals surface area (Å²) in [4.78, 5) is 13.8. The van der Waals surface area contributed by atoms with Crippen LogP contribution in [0.15, 0.2) is 48.5 Å². The number of sulfonamides is 1. The first-order chi connectivity index (χ1) is 14.3. The summed E-state index contributed by atoms with van der Waals surface area (Å²) in [6.45, 7) is 7.81. The van der Waals surface area contributed by atoms with Crippen LogP contribution in [-0.4, -0.2) is 33.3 Å². The van der Waals surface area contributed by atoms with E-state index in [0.717, 1.165) is 16.8 Å². The maximum atomic E-state index is 12.5. The van der Waals surface area contributed by atoms with Crippen LogP contribution in [0.1, 0.15) is 55.7 Å². The molecule has 0 bridgehead atoms. The van der Waals surface area contributed by atoms with E-state index in [1.54, 1.807) is 4.90 Å². The molecule has 1 heterocycles. The fourth-order valence-electron chi connectivity index (χ4n) is 3.62. The molecule has 0 spiro atoms. The predicted molar refractivity (Wildman–Crippen MR) is 121 cm³/mol. The van der Waals surface area contributed by atoms with Gasteiger partial charge >= 0.3 is 6.03 Å². The fourth-order valence-corrected chi connectivity index (χ4v) is 4.82. The highest BCUT2D eigenvalue weighted by atomic mass is 32.2. The third-order valence-electron chi connectivity index (χ3n) is 5.58. The van der Waals surface area contributed by atoms with E-state index in [9.17, 15) is 13.2 Å². The van der Waals surface area contributed by atoms with Gasteiger partial charge in [0.15, 0.2) is 0 Å². The Kier molecular flexibility index (Phi) is 7.15. The Balaban J connectivity index is 1.58. The zero-order chi connectivity index (χ0) is 21.7. The molecule has 2 N–H and O–H groups in total. The van der Waals surface area contributed by atoms with Crippen LogP contribution in [0.25, 0.3) is 0 Å². The van der Waals surface area contributed by atoms with Crippen molar-refractivity contribution in [3.05, 3.63) is 65.2 Å². The normalized spacial score (nSPS) is 15.5. The smallest absolute Gasteiger partial charge is 0.322 e. The Morgan fingerprint density at radius 3 is 2.40 bits per heavy atom. The van der Waals surface area contributed by atoms with E-state index >= 15 is 0 Å². The lowest BCUT2D eigenvalue weighted by Gasteiger charge is -2.22. The number of carbonyl (C=O) groups is 1. The second-order valence-corrected chi connectivity index (χ2v) is 10.1. The van der Waals surface area contributed by atoms with Crippen LogP contribution in [0.2, 0.25) is 0 Å². The molecule has 7 heteroatoms. The van der Waals surface area contributed by atoms with Crippen molar-refractivity contribution in [1.29, 1.82) is 0 Å². The maximum Gasteiger partial charge on any atom is 0.322 e. The molecule has 0 radical (unpaired) electrons. The third-order valence-corrected chi connectivity index (χ3v) is 6.93. The Morgan fingerprint density at radius 1 is 1.07 bits per heavy atom. The van der Waals surface area contributed by atoms with E-state index in [0.29, 0.717) is 32.0 Å². The number of urea groups is 1. The molecule has 2 aromatic rings. The van der Waals surface area contributed by atoms with Crippen LogP contribution >= 0.6 is 0 Å². The van der Waals surface area contributed by atoms with Gasteiger partial charge in [0, 0.05) is 25.3 Å². The summed E-state index contributed by atoms with van der Waals surface area (Å²) in [7, 11) is -3.39. The molecule has 1 aliphatic heterocycles. The molecular weight excluding hydrogens is 398 g/mol. The monoisotopic (exact) mass is 429 g/mol. The number of amides is 2. The first-order valence-corrected chi connectivity index (χ1v) is 12.1. The highest BCUT2D eigenvalue weighted by Gasteiger charge is 2.25. The van der Waals surface area contributed by atoms with Crippen LogP contribution in [0.3, 0.4) is 0 Å². The highest BCUT2D eigenvalue weighted by molar-refractivity contribution is 7.89. The molecule has 1 atom stereocenters. The van der Waals surface area contributed by atoms with Gasteiger partial charge in [-0.1, -0.05) is 63.2 Å². The minimum absolute atomic E-state index is 0.0106. The molecule has 2 amide bonds. The Hall–Kier alpha value is -2.38. The number of nitrogens with zero attached hydrogens (tertiary/aromatic N) is 1. The lowest BCUT2D eigenvalue weighted by Crippen LogP contribution is -2.29. The molecule has 0 aromatic heterocycles. The SMILES string of the molecule is CC(C)c1ccc(CNS(=O)(=O)CCC(C)c2ccccc2N2CCNC2=O)cc1. The van der Waals surface area contributed by atoms with Gasteiger partial charge in [-0.25, -0.2) is 17.9 Å². The van der Waals surface area contributed by atoms with Gasteiger partial charge in [-0.05, 0) is 41.0 Å². The molecular formula is C23H31N3O3S. The largest absolute Gasteiger partial charge is 0.336 e. The number of para-hydroxylation sites is 1. The van der Waals surface area contributed by atoms with E-state index in [1.165, 1.54) is 5.56 Å². The predicted octanol–water partition coefficient (Wildman–Crippen LogP) is 3.95. The minimum atomic E-state index is -3.39. The molecule has 30 heavy (non-hydrogen) atoms. The van der Waals surface area contributed by atoms with Gasteiger partial charge in [0.25, 0.3) is 0 Å². The standard InChI is InChI=1S/C23H31N3O3S/c1-17(2)20-10-8-19(9-11-20)16-25-30(28,29)15-12-18(3)21-6-4-5-7-22(21)26-14-13-24-23(26)27/h4-11,17-18,25H,12-16H2,1-3H3,(H,24,27). The van der Waals surface area contributed by atoms with Crippen molar-refractivity contribution in [3.63, 3.8) is 0 Å². The highest BCUT2D eigenvalue weighted by Crippen LogP contribution is 2.30. The average molecular weight is 430 g/mol. The lowest BCUT2D eigenvalue weighted by molar-refractivity contribution is 0.252. The molecule has 1 unspecified atom stereocenters. The molecule has 6 nitrogen and oxygen atoms in total. The van der Waals surface area contributed by atoms with Gasteiger partial charge in [0.05, 0.1) is 5.75 Å². The van der Waals surface area contributed by atoms with Crippen LogP contribution in [-0.2, 0) is 16.6 Å². The first-order valence-electron chi connectivity index (χ1n) is 10.5. The number of benzene rings is 2. The summed E-state index contributed by atoms with van der Waals surface area (Å²) >= 11 is 0. The van der Waals surface area contributed by atoms with E-state index in [1.807, 2.05) is 55.5 Å². The van der Waals surface area contributed by atoms with E-state index in [-0.39, 0.29) is 17.7 Å². The van der Waals surface area contributed by atoms with Crippen LogP contribution in [0.5, 0.6) is 0 Å². The molecule has 1 aliphatic rings. The second kappa shape index (κ2) is 9.62. The molecule has 2 aromatic carbocycles. The number of anilines is 1. The summed E-state index contributed by atoms with van der Waals surface area (Å²) in [5.41, 5.74) is 4.03. The molecule has 3 rings (SSSR count). The van der Waals surface area contributed by atoms with E-state index in [2.05, 4.69) is 23.9 Å². The number of rotatable bonds is 9. The van der Waals surface area contributed by atoms with Gasteiger partial charge < -0.3 is 5.32 Å². The van der Waals surface area contributed by atoms with Crippen LogP contribution in [0, 0.1) is 0 Å². The van der Waals surface area contributed by atoms with Crippen molar-refractivity contribution in [3.8, 4) is 0 Å². The quantitative estimate of drug-likeness (QED) is 0.633. The summed E-state index contributed by atoms with van der Waals surface area (Å²) in [6, 6.07) is 15.6. The van der Waals surface area contributed by atoms with Crippen molar-refractivity contribution >= 4 is 21.7 Å². The molecule has 0 saturated carbocycles. The molecule has 1 saturated heterocycles. The first kappa shape index (κ1) is 22.3. The van der Waals surface area contributed by atoms with Gasteiger partial charge in [0.1, 0.15) is 0 Å². The van der Waals surface area contributed by atoms with Gasteiger partial charge in [-0.3, -0.25) is 4.90 Å². The number of hydrogen-bond acceptors (Lipinski definition) is 3. The Morgan fingerprint density at radius 2 is 1.77 bits per heavy atom. The lowest BCUT2D eigenvalue weighted by atomic mass is 9.96. The third kappa shape index (κ3) is 5.61. The summed E-state index contributed by atoms with van der Waals surface area (Å²) < 4.78 is 27.8. The summed E-state index contributed by atoms with van der Waals surface area (Å²) in [5, 5.41) is 2.81. The summed E-state index contributed by atoms with van der Waals surface area (Å²) in [6.07, 6.45) is 0.480. The van der Waals surface area contributed by atoms with Gasteiger partial charge in [-0.15, -0.1) is 0 Å². The number of hydrogen-bond donors (Lipinski definition) is 2.